The molecule has 0 aliphatic carbocycles. The van der Waals surface area contributed by atoms with Gasteiger partial charge in [-0.05, 0) is 24.6 Å². The average Bonchev–Trinajstić information content (AvgIpc) is 2.77. The van der Waals surface area contributed by atoms with E-state index >= 15 is 0 Å². The van der Waals surface area contributed by atoms with E-state index in [2.05, 4.69) is 11.9 Å². The molecule has 17 heavy (non-hydrogen) atoms. The SMILES string of the molecule is CCCCc1nccn1-c1cc(Cl)ccc1Cl. The molecule has 4 heteroatoms. The maximum Gasteiger partial charge on any atom is 0.113 e. The highest BCUT2D eigenvalue weighted by atomic mass is 35.5. The number of unbranched alkanes of at least 4 members (excludes halogenated alkanes) is 1. The Bertz CT molecular complexity index is 506. The number of rotatable bonds is 4. The van der Waals surface area contributed by atoms with E-state index in [9.17, 15) is 0 Å². The number of nitrogens with zero attached hydrogens (tertiary/aromatic N) is 2. The van der Waals surface area contributed by atoms with Gasteiger partial charge in [-0.25, -0.2) is 4.98 Å². The molecule has 0 saturated heterocycles. The molecule has 0 spiro atoms. The summed E-state index contributed by atoms with van der Waals surface area (Å²) in [7, 11) is 0. The lowest BCUT2D eigenvalue weighted by Gasteiger charge is -2.09. The van der Waals surface area contributed by atoms with Crippen molar-refractivity contribution in [2.24, 2.45) is 0 Å². The minimum atomic E-state index is 0.680. The molecular weight excluding hydrogens is 255 g/mol. The zero-order chi connectivity index (χ0) is 12.3. The number of hydrogen-bond donors (Lipinski definition) is 0. The summed E-state index contributed by atoms with van der Waals surface area (Å²) in [4.78, 5) is 4.36. The summed E-state index contributed by atoms with van der Waals surface area (Å²) in [5, 5.41) is 1.37. The zero-order valence-corrected chi connectivity index (χ0v) is 11.2. The lowest BCUT2D eigenvalue weighted by Crippen LogP contribution is -2.01. The molecule has 0 fully saturated rings. The Hall–Kier alpha value is -0.990. The molecule has 90 valence electrons. The molecule has 0 bridgehead atoms. The van der Waals surface area contributed by atoms with Crippen molar-refractivity contribution in [3.05, 3.63) is 46.5 Å². The van der Waals surface area contributed by atoms with E-state index in [1.807, 2.05) is 22.9 Å². The Labute approximate surface area is 111 Å². The molecule has 0 amide bonds. The van der Waals surface area contributed by atoms with E-state index in [0.29, 0.717) is 10.0 Å². The van der Waals surface area contributed by atoms with E-state index < -0.39 is 0 Å². The van der Waals surface area contributed by atoms with Crippen molar-refractivity contribution in [3.63, 3.8) is 0 Å². The van der Waals surface area contributed by atoms with Gasteiger partial charge in [0, 0.05) is 23.8 Å². The number of imidazole rings is 1. The van der Waals surface area contributed by atoms with Crippen LogP contribution in [0.3, 0.4) is 0 Å². The summed E-state index contributed by atoms with van der Waals surface area (Å²) in [5.74, 6) is 1.02. The Balaban J connectivity index is 2.38. The summed E-state index contributed by atoms with van der Waals surface area (Å²) in [6.07, 6.45) is 6.93. The quantitative estimate of drug-likeness (QED) is 0.797. The number of aromatic nitrogens is 2. The van der Waals surface area contributed by atoms with Crippen LogP contribution < -0.4 is 0 Å². The first-order chi connectivity index (χ1) is 8.22. The van der Waals surface area contributed by atoms with Gasteiger partial charge in [-0.2, -0.15) is 0 Å². The Morgan fingerprint density at radius 2 is 2.12 bits per heavy atom. The third kappa shape index (κ3) is 2.82. The van der Waals surface area contributed by atoms with Crippen LogP contribution in [0, 0.1) is 0 Å². The molecule has 2 rings (SSSR count). The second-order valence-corrected chi connectivity index (χ2v) is 4.76. The maximum absolute atomic E-state index is 6.19. The van der Waals surface area contributed by atoms with Gasteiger partial charge in [0.25, 0.3) is 0 Å². The summed E-state index contributed by atoms with van der Waals surface area (Å²) >= 11 is 12.2. The van der Waals surface area contributed by atoms with Gasteiger partial charge in [0.1, 0.15) is 5.82 Å². The Morgan fingerprint density at radius 1 is 1.29 bits per heavy atom. The summed E-state index contributed by atoms with van der Waals surface area (Å²) in [5.41, 5.74) is 0.891. The van der Waals surface area contributed by atoms with Crippen LogP contribution in [0.15, 0.2) is 30.6 Å². The molecule has 0 aliphatic rings. The maximum atomic E-state index is 6.19. The highest BCUT2D eigenvalue weighted by molar-refractivity contribution is 6.34. The second-order valence-electron chi connectivity index (χ2n) is 3.91. The predicted molar refractivity (Wildman–Crippen MR) is 72.2 cm³/mol. The first kappa shape index (κ1) is 12.5. The fourth-order valence-electron chi connectivity index (χ4n) is 1.74. The van der Waals surface area contributed by atoms with Crippen LogP contribution in [0.2, 0.25) is 10.0 Å². The van der Waals surface area contributed by atoms with Crippen LogP contribution >= 0.6 is 23.2 Å². The summed E-state index contributed by atoms with van der Waals surface area (Å²) in [6, 6.07) is 5.46. The first-order valence-corrected chi connectivity index (χ1v) is 6.45. The summed E-state index contributed by atoms with van der Waals surface area (Å²) in [6.45, 7) is 2.17. The number of hydrogen-bond acceptors (Lipinski definition) is 1. The third-order valence-electron chi connectivity index (χ3n) is 2.64. The minimum Gasteiger partial charge on any atom is -0.302 e. The molecule has 0 aliphatic heterocycles. The molecule has 0 N–H and O–H groups in total. The van der Waals surface area contributed by atoms with Gasteiger partial charge in [-0.1, -0.05) is 36.5 Å². The molecule has 2 nitrogen and oxygen atoms in total. The second kappa shape index (κ2) is 5.56. The number of benzene rings is 1. The minimum absolute atomic E-state index is 0.680. The molecule has 1 aromatic carbocycles. The fraction of sp³-hybridized carbons (Fsp3) is 0.308. The standard InChI is InChI=1S/C13H14Cl2N2/c1-2-3-4-13-16-7-8-17(13)12-9-10(14)5-6-11(12)15/h5-9H,2-4H2,1H3. The largest absolute Gasteiger partial charge is 0.302 e. The fourth-order valence-corrected chi connectivity index (χ4v) is 2.12. The van der Waals surface area contributed by atoms with Crippen molar-refractivity contribution in [1.82, 2.24) is 9.55 Å². The van der Waals surface area contributed by atoms with E-state index in [1.165, 1.54) is 0 Å². The molecule has 0 unspecified atom stereocenters. The van der Waals surface area contributed by atoms with E-state index in [-0.39, 0.29) is 0 Å². The molecule has 0 radical (unpaired) electrons. The van der Waals surface area contributed by atoms with Gasteiger partial charge in [-0.15, -0.1) is 0 Å². The van der Waals surface area contributed by atoms with Crippen molar-refractivity contribution < 1.29 is 0 Å². The van der Waals surface area contributed by atoms with Crippen molar-refractivity contribution in [3.8, 4) is 5.69 Å². The lowest BCUT2D eigenvalue weighted by atomic mass is 10.2. The van der Waals surface area contributed by atoms with Crippen molar-refractivity contribution >= 4 is 23.2 Å². The third-order valence-corrected chi connectivity index (χ3v) is 3.19. The van der Waals surface area contributed by atoms with Crippen LogP contribution in [-0.2, 0) is 6.42 Å². The molecule has 1 aromatic heterocycles. The van der Waals surface area contributed by atoms with Gasteiger partial charge in [0.15, 0.2) is 0 Å². The highest BCUT2D eigenvalue weighted by Gasteiger charge is 2.08. The normalized spacial score (nSPS) is 10.8. The van der Waals surface area contributed by atoms with Gasteiger partial charge in [0.05, 0.1) is 10.7 Å². The molecule has 2 aromatic rings. The van der Waals surface area contributed by atoms with Crippen molar-refractivity contribution in [2.75, 3.05) is 0 Å². The van der Waals surface area contributed by atoms with Crippen molar-refractivity contribution in [1.29, 1.82) is 0 Å². The van der Waals surface area contributed by atoms with Gasteiger partial charge < -0.3 is 4.57 Å². The topological polar surface area (TPSA) is 17.8 Å². The van der Waals surface area contributed by atoms with E-state index in [1.54, 1.807) is 12.3 Å². The van der Waals surface area contributed by atoms with E-state index in [0.717, 1.165) is 30.8 Å². The van der Waals surface area contributed by atoms with Crippen molar-refractivity contribution in [2.45, 2.75) is 26.2 Å². The Kier molecular flexibility index (Phi) is 4.08. The van der Waals surface area contributed by atoms with Gasteiger partial charge in [-0.3, -0.25) is 0 Å². The van der Waals surface area contributed by atoms with Crippen LogP contribution in [-0.4, -0.2) is 9.55 Å². The smallest absolute Gasteiger partial charge is 0.113 e. The van der Waals surface area contributed by atoms with Gasteiger partial charge >= 0.3 is 0 Å². The molecule has 0 atom stereocenters. The average molecular weight is 269 g/mol. The Morgan fingerprint density at radius 3 is 2.88 bits per heavy atom. The monoisotopic (exact) mass is 268 g/mol. The van der Waals surface area contributed by atoms with Crippen LogP contribution in [0.1, 0.15) is 25.6 Å². The lowest BCUT2D eigenvalue weighted by molar-refractivity contribution is 0.739. The molecule has 1 heterocycles. The van der Waals surface area contributed by atoms with Crippen LogP contribution in [0.25, 0.3) is 5.69 Å². The predicted octanol–water partition coefficient (Wildman–Crippen LogP) is 4.52. The summed E-state index contributed by atoms with van der Waals surface area (Å²) < 4.78 is 2.00. The van der Waals surface area contributed by atoms with Gasteiger partial charge in [0.2, 0.25) is 0 Å². The van der Waals surface area contributed by atoms with Crippen LogP contribution in [0.5, 0.6) is 0 Å². The molecule has 0 saturated carbocycles. The zero-order valence-electron chi connectivity index (χ0n) is 9.66. The van der Waals surface area contributed by atoms with E-state index in [4.69, 9.17) is 23.2 Å². The highest BCUT2D eigenvalue weighted by Crippen LogP contribution is 2.25. The van der Waals surface area contributed by atoms with Crippen LogP contribution in [0.4, 0.5) is 0 Å². The number of aryl methyl sites for hydroxylation is 1. The number of halogens is 2. The molecular formula is C13H14Cl2N2. The first-order valence-electron chi connectivity index (χ1n) is 5.70.